The van der Waals surface area contributed by atoms with Gasteiger partial charge in [0.25, 0.3) is 0 Å². The van der Waals surface area contributed by atoms with Crippen LogP contribution in [0.2, 0.25) is 0 Å². The Morgan fingerprint density at radius 1 is 1.25 bits per heavy atom. The summed E-state index contributed by atoms with van der Waals surface area (Å²) in [6.45, 7) is 3.16. The van der Waals surface area contributed by atoms with Crippen LogP contribution >= 0.6 is 0 Å². The Hall–Kier alpha value is -2.76. The number of rotatable bonds is 4. The molecule has 1 atom stereocenters. The van der Waals surface area contributed by atoms with Crippen LogP contribution in [0, 0.1) is 5.92 Å². The van der Waals surface area contributed by atoms with E-state index in [1.807, 2.05) is 4.90 Å². The van der Waals surface area contributed by atoms with Gasteiger partial charge in [-0.1, -0.05) is 18.2 Å². The van der Waals surface area contributed by atoms with Crippen molar-refractivity contribution in [2.75, 3.05) is 13.1 Å². The van der Waals surface area contributed by atoms with Crippen molar-refractivity contribution in [2.24, 2.45) is 5.92 Å². The highest BCUT2D eigenvalue weighted by molar-refractivity contribution is 5.95. The lowest BCUT2D eigenvalue weighted by Crippen LogP contribution is -2.26. The van der Waals surface area contributed by atoms with Gasteiger partial charge in [-0.15, -0.1) is 0 Å². The number of hydrogen-bond acceptors (Lipinski definition) is 4. The minimum Gasteiger partial charge on any atom is -0.478 e. The maximum atomic E-state index is 11.4. The van der Waals surface area contributed by atoms with Crippen molar-refractivity contribution in [3.05, 3.63) is 47.9 Å². The molecule has 1 fully saturated rings. The average molecular weight is 325 g/mol. The quantitative estimate of drug-likeness (QED) is 0.932. The number of carboxylic acids is 1. The van der Waals surface area contributed by atoms with E-state index in [1.54, 1.807) is 43.6 Å². The Kier molecular flexibility index (Phi) is 4.55. The molecule has 124 valence electrons. The van der Waals surface area contributed by atoms with E-state index in [9.17, 15) is 14.7 Å². The zero-order valence-electron chi connectivity index (χ0n) is 13.5. The number of amides is 1. The van der Waals surface area contributed by atoms with E-state index < -0.39 is 5.97 Å². The highest BCUT2D eigenvalue weighted by atomic mass is 16.4. The summed E-state index contributed by atoms with van der Waals surface area (Å²) in [5.74, 6) is -0.462. The Balaban J connectivity index is 1.73. The molecule has 1 saturated heterocycles. The van der Waals surface area contributed by atoms with Crippen molar-refractivity contribution >= 4 is 11.9 Å². The monoisotopic (exact) mass is 325 g/mol. The lowest BCUT2D eigenvalue weighted by molar-refractivity contribution is -0.127. The number of carbonyl (C=O) groups is 2. The predicted octanol–water partition coefficient (Wildman–Crippen LogP) is 2.25. The maximum absolute atomic E-state index is 11.4. The molecule has 24 heavy (non-hydrogen) atoms. The SMILES string of the molecule is CC(=O)N1CCC(Cc2cnc(-c3ccccc3C(=O)O)cn2)C1. The smallest absolute Gasteiger partial charge is 0.336 e. The number of carboxylic acid groups (broad SMARTS) is 1. The van der Waals surface area contributed by atoms with Gasteiger partial charge in [-0.05, 0) is 24.8 Å². The Bertz CT molecular complexity index is 758. The number of benzene rings is 1. The summed E-state index contributed by atoms with van der Waals surface area (Å²) in [7, 11) is 0. The fourth-order valence-corrected chi connectivity index (χ4v) is 3.07. The summed E-state index contributed by atoms with van der Waals surface area (Å²) in [4.78, 5) is 33.3. The van der Waals surface area contributed by atoms with Crippen molar-refractivity contribution in [1.82, 2.24) is 14.9 Å². The second kappa shape index (κ2) is 6.78. The van der Waals surface area contributed by atoms with Crippen molar-refractivity contribution < 1.29 is 14.7 Å². The summed E-state index contributed by atoms with van der Waals surface area (Å²) in [6.07, 6.45) is 5.07. The van der Waals surface area contributed by atoms with Gasteiger partial charge in [-0.3, -0.25) is 14.8 Å². The fourth-order valence-electron chi connectivity index (χ4n) is 3.07. The molecule has 2 heterocycles. The predicted molar refractivity (Wildman–Crippen MR) is 88.5 cm³/mol. The molecule has 0 spiro atoms. The van der Waals surface area contributed by atoms with E-state index in [4.69, 9.17) is 0 Å². The maximum Gasteiger partial charge on any atom is 0.336 e. The lowest BCUT2D eigenvalue weighted by atomic mass is 10.0. The first-order chi connectivity index (χ1) is 11.5. The van der Waals surface area contributed by atoms with Crippen molar-refractivity contribution in [1.29, 1.82) is 0 Å². The van der Waals surface area contributed by atoms with E-state index in [1.165, 1.54) is 0 Å². The van der Waals surface area contributed by atoms with Crippen LogP contribution in [0.5, 0.6) is 0 Å². The normalized spacial score (nSPS) is 17.0. The van der Waals surface area contributed by atoms with E-state index in [0.717, 1.165) is 31.6 Å². The van der Waals surface area contributed by atoms with Gasteiger partial charge in [-0.2, -0.15) is 0 Å². The molecule has 1 aliphatic heterocycles. The number of carbonyl (C=O) groups excluding carboxylic acids is 1. The van der Waals surface area contributed by atoms with Gasteiger partial charge in [0.05, 0.1) is 23.1 Å². The van der Waals surface area contributed by atoms with Crippen LogP contribution in [-0.2, 0) is 11.2 Å². The van der Waals surface area contributed by atoms with Gasteiger partial charge in [-0.25, -0.2) is 4.79 Å². The van der Waals surface area contributed by atoms with E-state index in [-0.39, 0.29) is 11.5 Å². The standard InChI is InChI=1S/C18H19N3O3/c1-12(22)21-7-6-13(11-21)8-14-9-20-17(10-19-14)15-4-2-3-5-16(15)18(23)24/h2-5,9-10,13H,6-8,11H2,1H3,(H,23,24). The number of likely N-dealkylation sites (tertiary alicyclic amines) is 1. The van der Waals surface area contributed by atoms with Gasteiger partial charge in [0.1, 0.15) is 0 Å². The molecular formula is C18H19N3O3. The Labute approximate surface area is 140 Å². The molecule has 0 aliphatic carbocycles. The third-order valence-corrected chi connectivity index (χ3v) is 4.37. The number of hydrogen-bond donors (Lipinski definition) is 1. The minimum atomic E-state index is -0.980. The van der Waals surface area contributed by atoms with Gasteiger partial charge in [0.15, 0.2) is 0 Å². The highest BCUT2D eigenvalue weighted by Gasteiger charge is 2.24. The molecule has 0 bridgehead atoms. The Morgan fingerprint density at radius 3 is 2.67 bits per heavy atom. The van der Waals surface area contributed by atoms with E-state index >= 15 is 0 Å². The number of aromatic carboxylic acids is 1. The Morgan fingerprint density at radius 2 is 2.04 bits per heavy atom. The zero-order chi connectivity index (χ0) is 17.1. The number of nitrogens with zero attached hydrogens (tertiary/aromatic N) is 3. The average Bonchev–Trinajstić information content (AvgIpc) is 3.04. The molecular weight excluding hydrogens is 306 g/mol. The largest absolute Gasteiger partial charge is 0.478 e. The fraction of sp³-hybridized carbons (Fsp3) is 0.333. The second-order valence-electron chi connectivity index (χ2n) is 6.07. The van der Waals surface area contributed by atoms with Gasteiger partial charge >= 0.3 is 5.97 Å². The zero-order valence-corrected chi connectivity index (χ0v) is 13.5. The van der Waals surface area contributed by atoms with Crippen LogP contribution in [0.25, 0.3) is 11.3 Å². The third kappa shape index (κ3) is 3.42. The number of aromatic nitrogens is 2. The van der Waals surface area contributed by atoms with Crippen LogP contribution in [0.3, 0.4) is 0 Å². The molecule has 1 aromatic carbocycles. The van der Waals surface area contributed by atoms with E-state index in [2.05, 4.69) is 9.97 Å². The van der Waals surface area contributed by atoms with Crippen LogP contribution in [0.1, 0.15) is 29.4 Å². The first-order valence-corrected chi connectivity index (χ1v) is 7.93. The molecule has 6 heteroatoms. The molecule has 1 amide bonds. The molecule has 1 aliphatic rings. The topological polar surface area (TPSA) is 83.4 Å². The molecule has 6 nitrogen and oxygen atoms in total. The molecule has 1 N–H and O–H groups in total. The third-order valence-electron chi connectivity index (χ3n) is 4.37. The van der Waals surface area contributed by atoms with E-state index in [0.29, 0.717) is 17.2 Å². The first kappa shape index (κ1) is 16.1. The molecule has 0 radical (unpaired) electrons. The second-order valence-corrected chi connectivity index (χ2v) is 6.07. The van der Waals surface area contributed by atoms with Gasteiger partial charge < -0.3 is 10.0 Å². The van der Waals surface area contributed by atoms with Crippen LogP contribution in [0.15, 0.2) is 36.7 Å². The highest BCUT2D eigenvalue weighted by Crippen LogP contribution is 2.23. The molecule has 3 rings (SSSR count). The van der Waals surface area contributed by atoms with Crippen molar-refractivity contribution in [2.45, 2.75) is 19.8 Å². The van der Waals surface area contributed by atoms with Crippen molar-refractivity contribution in [3.8, 4) is 11.3 Å². The van der Waals surface area contributed by atoms with Crippen LogP contribution < -0.4 is 0 Å². The molecule has 2 aromatic rings. The lowest BCUT2D eigenvalue weighted by Gasteiger charge is -2.13. The summed E-state index contributed by atoms with van der Waals surface area (Å²) in [6, 6.07) is 6.76. The van der Waals surface area contributed by atoms with Gasteiger partial charge in [0, 0.05) is 31.8 Å². The summed E-state index contributed by atoms with van der Waals surface area (Å²) in [5.41, 5.74) is 2.19. The molecule has 0 saturated carbocycles. The van der Waals surface area contributed by atoms with Crippen LogP contribution in [0.4, 0.5) is 0 Å². The molecule has 1 unspecified atom stereocenters. The summed E-state index contributed by atoms with van der Waals surface area (Å²) in [5, 5.41) is 9.26. The van der Waals surface area contributed by atoms with Gasteiger partial charge in [0.2, 0.25) is 5.91 Å². The first-order valence-electron chi connectivity index (χ1n) is 7.93. The minimum absolute atomic E-state index is 0.115. The summed E-state index contributed by atoms with van der Waals surface area (Å²) < 4.78 is 0. The molecule has 1 aromatic heterocycles. The van der Waals surface area contributed by atoms with Crippen molar-refractivity contribution in [3.63, 3.8) is 0 Å². The van der Waals surface area contributed by atoms with Crippen LogP contribution in [-0.4, -0.2) is 44.9 Å². The summed E-state index contributed by atoms with van der Waals surface area (Å²) >= 11 is 0.